The van der Waals surface area contributed by atoms with Crippen LogP contribution in [0, 0.1) is 0 Å². The summed E-state index contributed by atoms with van der Waals surface area (Å²) in [6, 6.07) is 0. The Morgan fingerprint density at radius 2 is 1.53 bits per heavy atom. The van der Waals surface area contributed by atoms with Gasteiger partial charge in [0.15, 0.2) is 5.71 Å². The lowest BCUT2D eigenvalue weighted by molar-refractivity contribution is -0.336. The van der Waals surface area contributed by atoms with Gasteiger partial charge in [0.1, 0.15) is 5.70 Å². The molecule has 1 aliphatic rings. The molecule has 0 fully saturated rings. The molecule has 0 bridgehead atoms. The highest BCUT2D eigenvalue weighted by Gasteiger charge is 2.75. The first-order valence-electron chi connectivity index (χ1n) is 3.64. The van der Waals surface area contributed by atoms with E-state index in [2.05, 4.69) is 15.4 Å². The first kappa shape index (κ1) is 13.3. The molecule has 0 saturated carbocycles. The lowest BCUT2D eigenvalue weighted by Crippen LogP contribution is -2.56. The van der Waals surface area contributed by atoms with Gasteiger partial charge in [-0.15, -0.1) is 10.2 Å². The van der Waals surface area contributed by atoms with Crippen molar-refractivity contribution < 1.29 is 30.7 Å². The highest BCUT2D eigenvalue weighted by molar-refractivity contribution is 6.12. The molecular formula is C6F7N4-. The van der Waals surface area contributed by atoms with Gasteiger partial charge in [0.2, 0.25) is 0 Å². The second-order valence-corrected chi connectivity index (χ2v) is 2.75. The smallest absolute Gasteiger partial charge is 0.460 e. The molecule has 0 amide bonds. The molecule has 1 rings (SSSR count). The molecule has 0 aromatic rings. The summed E-state index contributed by atoms with van der Waals surface area (Å²) in [4.78, 5) is 0. The summed E-state index contributed by atoms with van der Waals surface area (Å²) in [5.41, 5.74) is -3.50. The summed E-state index contributed by atoms with van der Waals surface area (Å²) in [5.74, 6) is -11.2. The zero-order valence-electron chi connectivity index (χ0n) is 7.43. The maximum atomic E-state index is 12.9. The second kappa shape index (κ2) is 3.62. The van der Waals surface area contributed by atoms with E-state index >= 15 is 0 Å². The Morgan fingerprint density at radius 1 is 1.00 bits per heavy atom. The molecule has 0 saturated heterocycles. The molecule has 0 N–H and O–H groups in total. The Balaban J connectivity index is 3.26. The van der Waals surface area contributed by atoms with Crippen molar-refractivity contribution in [3.05, 3.63) is 11.1 Å². The average Bonchev–Trinajstić information content (AvgIpc) is 2.63. The van der Waals surface area contributed by atoms with Gasteiger partial charge in [0, 0.05) is 0 Å². The second-order valence-electron chi connectivity index (χ2n) is 2.75. The molecule has 94 valence electrons. The fourth-order valence-corrected chi connectivity index (χ4v) is 0.820. The number of allylic oxidation sites excluding steroid dienone is 1. The molecule has 0 aliphatic carbocycles. The summed E-state index contributed by atoms with van der Waals surface area (Å²) in [6.07, 6.45) is -6.50. The number of hydrogen-bond donors (Lipinski definition) is 0. The van der Waals surface area contributed by atoms with Crippen molar-refractivity contribution in [1.29, 1.82) is 0 Å². The monoisotopic (exact) mass is 261 g/mol. The van der Waals surface area contributed by atoms with Gasteiger partial charge in [-0.2, -0.15) is 30.7 Å². The topological polar surface area (TPSA) is 59.4 Å². The molecule has 11 heteroatoms. The van der Waals surface area contributed by atoms with Gasteiger partial charge in [-0.3, -0.25) is 0 Å². The molecule has 17 heavy (non-hydrogen) atoms. The average molecular weight is 261 g/mol. The van der Waals surface area contributed by atoms with E-state index in [4.69, 9.17) is 5.41 Å². The van der Waals surface area contributed by atoms with Crippen LogP contribution in [0.25, 0.3) is 5.41 Å². The first-order valence-corrected chi connectivity index (χ1v) is 3.64. The molecule has 0 atom stereocenters. The van der Waals surface area contributed by atoms with Crippen LogP contribution in [-0.2, 0) is 0 Å². The predicted molar refractivity (Wildman–Crippen MR) is 40.1 cm³/mol. The van der Waals surface area contributed by atoms with Gasteiger partial charge in [0.25, 0.3) is 0 Å². The van der Waals surface area contributed by atoms with Crippen LogP contribution in [0.4, 0.5) is 30.7 Å². The third-order valence-corrected chi connectivity index (χ3v) is 1.67. The van der Waals surface area contributed by atoms with Crippen molar-refractivity contribution >= 4 is 11.6 Å². The van der Waals surface area contributed by atoms with Crippen LogP contribution < -0.4 is 0 Å². The molecular weight excluding hydrogens is 261 g/mol. The quantitative estimate of drug-likeness (QED) is 0.542. The van der Waals surface area contributed by atoms with E-state index in [9.17, 15) is 30.7 Å². The summed E-state index contributed by atoms with van der Waals surface area (Å²) in [7, 11) is 0. The van der Waals surface area contributed by atoms with E-state index in [0.29, 0.717) is 0 Å². The largest absolute Gasteiger partial charge is 0.761 e. The standard InChI is InChI=1S/C6F7N4/c7-4(8,5(9,10)6(11,12)13)3-2(1-14)15-17-16-3/q-1. The summed E-state index contributed by atoms with van der Waals surface area (Å²) >= 11 is 0. The Morgan fingerprint density at radius 3 is 1.94 bits per heavy atom. The maximum absolute atomic E-state index is 12.9. The molecule has 0 aromatic heterocycles. The van der Waals surface area contributed by atoms with Crippen LogP contribution in [0.15, 0.2) is 21.1 Å². The fourth-order valence-electron chi connectivity index (χ4n) is 0.820. The van der Waals surface area contributed by atoms with Crippen LogP contribution >= 0.6 is 0 Å². The lowest BCUT2D eigenvalue weighted by Gasteiger charge is -2.27. The molecule has 0 spiro atoms. The maximum Gasteiger partial charge on any atom is 0.460 e. The minimum Gasteiger partial charge on any atom is -0.761 e. The number of halogens is 7. The van der Waals surface area contributed by atoms with E-state index in [1.807, 2.05) is 0 Å². The van der Waals surface area contributed by atoms with Gasteiger partial charge < -0.3 is 5.41 Å². The van der Waals surface area contributed by atoms with Crippen molar-refractivity contribution in [1.82, 2.24) is 0 Å². The normalized spacial score (nSPS) is 17.1. The summed E-state index contributed by atoms with van der Waals surface area (Å²) in [5, 5.41) is 15.6. The summed E-state index contributed by atoms with van der Waals surface area (Å²) in [6.45, 7) is 0. The van der Waals surface area contributed by atoms with Gasteiger partial charge in [0.05, 0.1) is 0 Å². The van der Waals surface area contributed by atoms with E-state index in [0.717, 1.165) is 5.87 Å². The van der Waals surface area contributed by atoms with Gasteiger partial charge in [-0.25, -0.2) is 5.87 Å². The molecule has 4 nitrogen and oxygen atoms in total. The van der Waals surface area contributed by atoms with E-state index in [-0.39, 0.29) is 0 Å². The molecule has 0 unspecified atom stereocenters. The van der Waals surface area contributed by atoms with Crippen LogP contribution in [-0.4, -0.2) is 29.6 Å². The number of nitrogens with zero attached hydrogens (tertiary/aromatic N) is 4. The minimum atomic E-state index is -6.50. The van der Waals surface area contributed by atoms with Crippen molar-refractivity contribution in [3.63, 3.8) is 0 Å². The Bertz CT molecular complexity index is 440. The fraction of sp³-hybridized carbons (Fsp3) is 0.500. The number of alkyl halides is 7. The van der Waals surface area contributed by atoms with E-state index in [1.54, 1.807) is 0 Å². The molecule has 1 heterocycles. The lowest BCUT2D eigenvalue weighted by atomic mass is 10.0. The van der Waals surface area contributed by atoms with E-state index in [1.165, 1.54) is 0 Å². The van der Waals surface area contributed by atoms with Crippen molar-refractivity contribution in [2.75, 3.05) is 0 Å². The van der Waals surface area contributed by atoms with E-state index < -0.39 is 29.4 Å². The third-order valence-electron chi connectivity index (χ3n) is 1.67. The van der Waals surface area contributed by atoms with Crippen LogP contribution in [0.3, 0.4) is 0 Å². The van der Waals surface area contributed by atoms with Gasteiger partial charge in [-0.1, -0.05) is 0 Å². The third kappa shape index (κ3) is 1.82. The zero-order valence-corrected chi connectivity index (χ0v) is 7.43. The van der Waals surface area contributed by atoms with Crippen LogP contribution in [0.5, 0.6) is 0 Å². The number of rotatable bonds is 2. The van der Waals surface area contributed by atoms with Crippen molar-refractivity contribution in [3.8, 4) is 0 Å². The van der Waals surface area contributed by atoms with Crippen LogP contribution in [0.1, 0.15) is 0 Å². The SMILES string of the molecule is [N-]=C=C1N=NN=C1C(F)(F)C(F)(F)C(F)(F)F. The van der Waals surface area contributed by atoms with Crippen molar-refractivity contribution in [2.24, 2.45) is 15.4 Å². The summed E-state index contributed by atoms with van der Waals surface area (Å²) < 4.78 is 86.2. The van der Waals surface area contributed by atoms with Crippen LogP contribution in [0.2, 0.25) is 0 Å². The highest BCUT2D eigenvalue weighted by Crippen LogP contribution is 2.48. The molecule has 0 radical (unpaired) electrons. The molecule has 1 aliphatic heterocycles. The highest BCUT2D eigenvalue weighted by atomic mass is 19.4. The number of hydrogen-bond acceptors (Lipinski definition) is 3. The van der Waals surface area contributed by atoms with Gasteiger partial charge in [-0.05, 0) is 5.22 Å². The Labute approximate surface area is 88.0 Å². The minimum absolute atomic E-state index is 0.888. The van der Waals surface area contributed by atoms with Crippen molar-refractivity contribution in [2.45, 2.75) is 18.0 Å². The zero-order chi connectivity index (χ0) is 13.5. The predicted octanol–water partition coefficient (Wildman–Crippen LogP) is 2.76. The van der Waals surface area contributed by atoms with Gasteiger partial charge >= 0.3 is 18.0 Å². The molecule has 0 aromatic carbocycles. The Hall–Kier alpha value is -1.77. The Kier molecular flexibility index (Phi) is 2.83. The first-order chi connectivity index (χ1) is 7.55.